The number of likely N-dealkylation sites (N-methyl/N-ethyl adjacent to an activating group) is 1. The highest BCUT2D eigenvalue weighted by atomic mass is 31.2. The lowest BCUT2D eigenvalue weighted by atomic mass is 10.1. The quantitative estimate of drug-likeness (QED) is 0.0204. The molecule has 0 radical (unpaired) electrons. The van der Waals surface area contributed by atoms with Crippen molar-refractivity contribution in [1.82, 2.24) is 0 Å². The van der Waals surface area contributed by atoms with Gasteiger partial charge in [0.15, 0.2) is 0 Å². The highest BCUT2D eigenvalue weighted by Gasteiger charge is 2.20. The molecule has 0 aliphatic carbocycles. The molecule has 0 aliphatic heterocycles. The standard InChI is InChI=1S/C43H80NO7P/c1-6-8-10-12-14-16-18-20-22-24-26-28-30-32-34-36-43(45)51-42(41-50-52(46,47)49-39-37-44(3,4)5)40-48-38-35-33-31-29-27-25-23-21-19-17-15-13-11-9-7-2/h8,10,14,16,19-22,42H,6-7,9,11-13,15,17-18,23-41H2,1-5H3/b10-8-,16-14-,21-19-,22-20-. The van der Waals surface area contributed by atoms with E-state index < -0.39 is 13.9 Å². The van der Waals surface area contributed by atoms with Crippen molar-refractivity contribution in [3.8, 4) is 0 Å². The molecule has 0 aromatic carbocycles. The van der Waals surface area contributed by atoms with Crippen LogP contribution in [0.15, 0.2) is 48.6 Å². The number of phosphoric acid groups is 1. The highest BCUT2D eigenvalue weighted by molar-refractivity contribution is 7.45. The van der Waals surface area contributed by atoms with Crippen LogP contribution < -0.4 is 4.89 Å². The van der Waals surface area contributed by atoms with Gasteiger partial charge >= 0.3 is 5.97 Å². The molecule has 0 aliphatic rings. The summed E-state index contributed by atoms with van der Waals surface area (Å²) in [5.74, 6) is -0.355. The van der Waals surface area contributed by atoms with E-state index in [0.717, 1.165) is 70.6 Å². The Morgan fingerprint density at radius 2 is 1.12 bits per heavy atom. The van der Waals surface area contributed by atoms with E-state index in [1.54, 1.807) is 0 Å². The Balaban J connectivity index is 4.31. The number of quaternary nitrogens is 1. The van der Waals surface area contributed by atoms with Crippen molar-refractivity contribution in [2.45, 2.75) is 168 Å². The van der Waals surface area contributed by atoms with Gasteiger partial charge in [-0.15, -0.1) is 0 Å². The monoisotopic (exact) mass is 754 g/mol. The van der Waals surface area contributed by atoms with Gasteiger partial charge in [-0.25, -0.2) is 0 Å². The van der Waals surface area contributed by atoms with E-state index in [4.69, 9.17) is 18.5 Å². The van der Waals surface area contributed by atoms with E-state index in [0.29, 0.717) is 24.1 Å². The van der Waals surface area contributed by atoms with Gasteiger partial charge in [0.2, 0.25) is 0 Å². The Kier molecular flexibility index (Phi) is 35.4. The molecule has 0 amide bonds. The number of hydrogen-bond donors (Lipinski definition) is 0. The van der Waals surface area contributed by atoms with Crippen LogP contribution >= 0.6 is 7.82 Å². The van der Waals surface area contributed by atoms with Gasteiger partial charge in [0.1, 0.15) is 19.3 Å². The number of carbonyl (C=O) groups is 1. The zero-order valence-corrected chi connectivity index (χ0v) is 35.1. The Morgan fingerprint density at radius 1 is 0.615 bits per heavy atom. The molecule has 9 heteroatoms. The maximum Gasteiger partial charge on any atom is 0.306 e. The van der Waals surface area contributed by atoms with Crippen molar-refractivity contribution in [2.75, 3.05) is 54.1 Å². The van der Waals surface area contributed by atoms with E-state index in [2.05, 4.69) is 62.5 Å². The summed E-state index contributed by atoms with van der Waals surface area (Å²) in [6.07, 6.45) is 42.6. The number of phosphoric ester groups is 1. The molecule has 8 nitrogen and oxygen atoms in total. The first kappa shape index (κ1) is 50.5. The number of ether oxygens (including phenoxy) is 2. The highest BCUT2D eigenvalue weighted by Crippen LogP contribution is 2.38. The van der Waals surface area contributed by atoms with Crippen LogP contribution in [-0.4, -0.2) is 70.7 Å². The van der Waals surface area contributed by atoms with Gasteiger partial charge in [-0.05, 0) is 70.6 Å². The molecule has 0 heterocycles. The number of carbonyl (C=O) groups excluding carboxylic acids is 1. The maximum absolute atomic E-state index is 12.6. The summed E-state index contributed by atoms with van der Waals surface area (Å²) in [6.45, 7) is 5.24. The normalized spacial score (nSPS) is 14.3. The minimum atomic E-state index is -4.53. The topological polar surface area (TPSA) is 94.1 Å². The van der Waals surface area contributed by atoms with Crippen molar-refractivity contribution in [1.29, 1.82) is 0 Å². The van der Waals surface area contributed by atoms with E-state index in [1.165, 1.54) is 70.6 Å². The van der Waals surface area contributed by atoms with Crippen LogP contribution in [-0.2, 0) is 27.9 Å². The molecule has 0 rings (SSSR count). The zero-order chi connectivity index (χ0) is 38.4. The molecule has 0 aromatic rings. The van der Waals surface area contributed by atoms with Crippen LogP contribution in [0.4, 0.5) is 0 Å². The van der Waals surface area contributed by atoms with Crippen LogP contribution in [0.5, 0.6) is 0 Å². The van der Waals surface area contributed by atoms with Gasteiger partial charge in [0.25, 0.3) is 7.82 Å². The number of unbranched alkanes of at least 4 members (excludes halogenated alkanes) is 16. The molecule has 0 spiro atoms. The third kappa shape index (κ3) is 39.7. The summed E-state index contributed by atoms with van der Waals surface area (Å²) < 4.78 is 34.5. The van der Waals surface area contributed by atoms with E-state index >= 15 is 0 Å². The predicted octanol–water partition coefficient (Wildman–Crippen LogP) is 11.4. The van der Waals surface area contributed by atoms with Crippen molar-refractivity contribution in [3.63, 3.8) is 0 Å². The van der Waals surface area contributed by atoms with Crippen LogP contribution in [0.1, 0.15) is 162 Å². The fourth-order valence-corrected chi connectivity index (χ4v) is 6.11. The molecule has 0 saturated heterocycles. The molecule has 2 atom stereocenters. The zero-order valence-electron chi connectivity index (χ0n) is 34.2. The number of allylic oxidation sites excluding steroid dienone is 8. The summed E-state index contributed by atoms with van der Waals surface area (Å²) in [5, 5.41) is 0. The second-order valence-electron chi connectivity index (χ2n) is 15.0. The second-order valence-corrected chi connectivity index (χ2v) is 16.4. The third-order valence-corrected chi connectivity index (χ3v) is 9.58. The summed E-state index contributed by atoms with van der Waals surface area (Å²) >= 11 is 0. The van der Waals surface area contributed by atoms with Crippen molar-refractivity contribution >= 4 is 13.8 Å². The maximum atomic E-state index is 12.6. The Morgan fingerprint density at radius 3 is 1.69 bits per heavy atom. The summed E-state index contributed by atoms with van der Waals surface area (Å²) in [4.78, 5) is 25.0. The summed E-state index contributed by atoms with van der Waals surface area (Å²) in [6, 6.07) is 0. The molecular formula is C43H80NO7P. The molecule has 0 aromatic heterocycles. The molecule has 0 fully saturated rings. The summed E-state index contributed by atoms with van der Waals surface area (Å²) in [7, 11) is 1.33. The number of rotatable bonds is 38. The largest absolute Gasteiger partial charge is 0.756 e. The smallest absolute Gasteiger partial charge is 0.306 e. The number of nitrogens with zero attached hydrogens (tertiary/aromatic N) is 1. The van der Waals surface area contributed by atoms with Crippen LogP contribution in [0.3, 0.4) is 0 Å². The average molecular weight is 754 g/mol. The fraction of sp³-hybridized carbons (Fsp3) is 0.791. The van der Waals surface area contributed by atoms with E-state index in [1.807, 2.05) is 21.1 Å². The average Bonchev–Trinajstić information content (AvgIpc) is 3.09. The first-order chi connectivity index (χ1) is 25.1. The Bertz CT molecular complexity index is 973. The summed E-state index contributed by atoms with van der Waals surface area (Å²) in [5.41, 5.74) is 0. The lowest BCUT2D eigenvalue weighted by Gasteiger charge is -2.28. The number of esters is 1. The predicted molar refractivity (Wildman–Crippen MR) is 217 cm³/mol. The molecular weight excluding hydrogens is 673 g/mol. The molecule has 52 heavy (non-hydrogen) atoms. The molecule has 2 unspecified atom stereocenters. The number of hydrogen-bond acceptors (Lipinski definition) is 7. The third-order valence-electron chi connectivity index (χ3n) is 8.61. The molecule has 0 saturated carbocycles. The first-order valence-electron chi connectivity index (χ1n) is 20.9. The fourth-order valence-electron chi connectivity index (χ4n) is 5.38. The van der Waals surface area contributed by atoms with Crippen molar-refractivity contribution in [3.05, 3.63) is 48.6 Å². The minimum absolute atomic E-state index is 0.0198. The lowest BCUT2D eigenvalue weighted by molar-refractivity contribution is -0.870. The van der Waals surface area contributed by atoms with Crippen LogP contribution in [0.2, 0.25) is 0 Å². The van der Waals surface area contributed by atoms with Gasteiger partial charge in [-0.2, -0.15) is 0 Å². The van der Waals surface area contributed by atoms with E-state index in [9.17, 15) is 14.3 Å². The van der Waals surface area contributed by atoms with Crippen molar-refractivity contribution < 1.29 is 37.3 Å². The van der Waals surface area contributed by atoms with Gasteiger partial charge in [-0.3, -0.25) is 9.36 Å². The second kappa shape index (κ2) is 36.4. The molecule has 0 N–H and O–H groups in total. The van der Waals surface area contributed by atoms with Crippen LogP contribution in [0, 0.1) is 0 Å². The Hall–Kier alpha value is -1.54. The molecule has 0 bridgehead atoms. The van der Waals surface area contributed by atoms with Gasteiger partial charge in [0, 0.05) is 13.0 Å². The van der Waals surface area contributed by atoms with Gasteiger partial charge in [0.05, 0.1) is 34.4 Å². The Labute approximate surface area is 320 Å². The lowest BCUT2D eigenvalue weighted by Crippen LogP contribution is -2.37. The van der Waals surface area contributed by atoms with Crippen molar-refractivity contribution in [2.24, 2.45) is 0 Å². The minimum Gasteiger partial charge on any atom is -0.756 e. The SMILES string of the molecule is CC/C=C\C/C=C\C/C=C\CCCCCCCC(=O)OC(COCCCCCCCC/C=C\CCCCCCC)COP(=O)([O-])OCC[N+](C)(C)C. The van der Waals surface area contributed by atoms with Crippen LogP contribution in [0.25, 0.3) is 0 Å². The van der Waals surface area contributed by atoms with Gasteiger partial charge in [-0.1, -0.05) is 133 Å². The van der Waals surface area contributed by atoms with Gasteiger partial charge < -0.3 is 27.9 Å². The molecule has 304 valence electrons. The first-order valence-corrected chi connectivity index (χ1v) is 22.3. The van der Waals surface area contributed by atoms with E-state index in [-0.39, 0.29) is 25.8 Å².